The van der Waals surface area contributed by atoms with Gasteiger partial charge in [0.05, 0.1) is 11.1 Å². The molecule has 0 aliphatic carbocycles. The molecule has 1 aromatic carbocycles. The number of carbonyl (C=O) groups is 1. The maximum Gasteiger partial charge on any atom is 0.416 e. The van der Waals surface area contributed by atoms with Crippen molar-refractivity contribution in [3.8, 4) is 0 Å². The lowest BCUT2D eigenvalue weighted by Crippen LogP contribution is -2.42. The van der Waals surface area contributed by atoms with Crippen LogP contribution in [0.15, 0.2) is 53.8 Å². The van der Waals surface area contributed by atoms with E-state index in [9.17, 15) is 18.0 Å². The molecule has 0 aliphatic heterocycles. The van der Waals surface area contributed by atoms with E-state index in [1.54, 1.807) is 25.4 Å². The van der Waals surface area contributed by atoms with Crippen LogP contribution in [0.3, 0.4) is 0 Å². The molecule has 0 unspecified atom stereocenters. The molecule has 0 radical (unpaired) electrons. The van der Waals surface area contributed by atoms with E-state index in [4.69, 9.17) is 0 Å². The van der Waals surface area contributed by atoms with Gasteiger partial charge < -0.3 is 16.0 Å². The fraction of sp³-hybridized carbons (Fsp3) is 0.316. The maximum absolute atomic E-state index is 12.6. The number of pyridine rings is 1. The normalized spacial score (nSPS) is 11.4. The van der Waals surface area contributed by atoms with Crippen LogP contribution in [0.4, 0.5) is 13.2 Å². The number of rotatable bonds is 7. The molecule has 10 heteroatoms. The summed E-state index contributed by atoms with van der Waals surface area (Å²) in [6.45, 7) is 1.37. The van der Waals surface area contributed by atoms with Crippen molar-refractivity contribution in [2.45, 2.75) is 12.6 Å². The summed E-state index contributed by atoms with van der Waals surface area (Å²) in [6.07, 6.45) is -0.686. The summed E-state index contributed by atoms with van der Waals surface area (Å²) in [5.41, 5.74) is 0.622. The minimum atomic E-state index is -4.32. The number of benzene rings is 1. The molecule has 1 heterocycles. The summed E-state index contributed by atoms with van der Waals surface area (Å²) in [4.78, 5) is 19.8. The number of carbonyl (C=O) groups excluding carboxylic acids is 1. The minimum Gasteiger partial charge on any atom is -0.356 e. The predicted octanol–water partition coefficient (Wildman–Crippen LogP) is 2.86. The van der Waals surface area contributed by atoms with Crippen LogP contribution in [0, 0.1) is 0 Å². The zero-order valence-corrected chi connectivity index (χ0v) is 18.1. The maximum atomic E-state index is 12.6. The topological polar surface area (TPSA) is 78.4 Å². The predicted molar refractivity (Wildman–Crippen MR) is 116 cm³/mol. The van der Waals surface area contributed by atoms with Gasteiger partial charge in [0.25, 0.3) is 5.91 Å². The fourth-order valence-electron chi connectivity index (χ4n) is 2.36. The summed E-state index contributed by atoms with van der Waals surface area (Å²) in [5, 5.41) is 8.89. The number of aliphatic imine (C=N–C) groups is 1. The Morgan fingerprint density at radius 2 is 1.69 bits per heavy atom. The van der Waals surface area contributed by atoms with Crippen molar-refractivity contribution in [3.05, 3.63) is 65.5 Å². The largest absolute Gasteiger partial charge is 0.416 e. The second-order valence-corrected chi connectivity index (χ2v) is 5.87. The molecule has 3 N–H and O–H groups in total. The molecule has 29 heavy (non-hydrogen) atoms. The Morgan fingerprint density at radius 3 is 2.28 bits per heavy atom. The third-order valence-corrected chi connectivity index (χ3v) is 3.84. The number of hydrogen-bond acceptors (Lipinski definition) is 3. The van der Waals surface area contributed by atoms with Crippen LogP contribution in [0.25, 0.3) is 0 Å². The van der Waals surface area contributed by atoms with Gasteiger partial charge in [0.2, 0.25) is 0 Å². The highest BCUT2D eigenvalue weighted by atomic mass is 127. The number of aromatic nitrogens is 1. The first-order chi connectivity index (χ1) is 13.4. The molecule has 158 valence electrons. The van der Waals surface area contributed by atoms with Crippen LogP contribution in [-0.4, -0.2) is 43.5 Å². The van der Waals surface area contributed by atoms with E-state index in [2.05, 4.69) is 25.9 Å². The first kappa shape index (κ1) is 24.7. The zero-order chi connectivity index (χ0) is 20.4. The molecule has 0 bridgehead atoms. The van der Waals surface area contributed by atoms with Crippen molar-refractivity contribution in [2.75, 3.05) is 26.7 Å². The second kappa shape index (κ2) is 12.2. The van der Waals surface area contributed by atoms with Crippen molar-refractivity contribution in [2.24, 2.45) is 4.99 Å². The van der Waals surface area contributed by atoms with Gasteiger partial charge >= 0.3 is 6.18 Å². The lowest BCUT2D eigenvalue weighted by atomic mass is 10.1. The Bertz CT molecular complexity index is 783. The van der Waals surface area contributed by atoms with Crippen LogP contribution >= 0.6 is 24.0 Å². The van der Waals surface area contributed by atoms with E-state index in [1.807, 2.05) is 0 Å². The third-order valence-electron chi connectivity index (χ3n) is 3.84. The summed E-state index contributed by atoms with van der Waals surface area (Å²) >= 11 is 0. The van der Waals surface area contributed by atoms with Gasteiger partial charge in [0, 0.05) is 39.1 Å². The molecule has 0 aliphatic rings. The van der Waals surface area contributed by atoms with E-state index in [-0.39, 0.29) is 29.9 Å². The Kier molecular flexibility index (Phi) is 10.4. The Hall–Kier alpha value is -2.37. The highest BCUT2D eigenvalue weighted by Crippen LogP contribution is 2.29. The molecule has 1 aromatic heterocycles. The third kappa shape index (κ3) is 8.67. The number of halogens is 4. The van der Waals surface area contributed by atoms with Gasteiger partial charge in [0.1, 0.15) is 0 Å². The average molecular weight is 521 g/mol. The number of amides is 1. The van der Waals surface area contributed by atoms with E-state index in [0.29, 0.717) is 37.6 Å². The first-order valence-corrected chi connectivity index (χ1v) is 8.69. The molecule has 2 aromatic rings. The molecule has 0 saturated carbocycles. The Labute approximate surface area is 184 Å². The van der Waals surface area contributed by atoms with Crippen molar-refractivity contribution in [1.82, 2.24) is 20.9 Å². The number of guanidine groups is 1. The summed E-state index contributed by atoms with van der Waals surface area (Å²) in [7, 11) is 1.61. The fourth-order valence-corrected chi connectivity index (χ4v) is 2.36. The van der Waals surface area contributed by atoms with Gasteiger partial charge in [-0.3, -0.25) is 14.8 Å². The van der Waals surface area contributed by atoms with Crippen LogP contribution in [0.1, 0.15) is 21.5 Å². The van der Waals surface area contributed by atoms with E-state index in [0.717, 1.165) is 17.7 Å². The molecule has 0 saturated heterocycles. The molecular weight excluding hydrogens is 498 g/mol. The quantitative estimate of drug-likeness (QED) is 0.227. The van der Waals surface area contributed by atoms with Crippen LogP contribution in [0.5, 0.6) is 0 Å². The van der Waals surface area contributed by atoms with Gasteiger partial charge in [0.15, 0.2) is 5.96 Å². The van der Waals surface area contributed by atoms with Crippen molar-refractivity contribution >= 4 is 35.8 Å². The second-order valence-electron chi connectivity index (χ2n) is 5.87. The zero-order valence-electron chi connectivity index (χ0n) is 15.8. The van der Waals surface area contributed by atoms with Crippen LogP contribution in [0.2, 0.25) is 0 Å². The van der Waals surface area contributed by atoms with Gasteiger partial charge in [-0.2, -0.15) is 13.2 Å². The smallest absolute Gasteiger partial charge is 0.356 e. The highest BCUT2D eigenvalue weighted by molar-refractivity contribution is 14.0. The van der Waals surface area contributed by atoms with Crippen LogP contribution < -0.4 is 16.0 Å². The monoisotopic (exact) mass is 521 g/mol. The summed E-state index contributed by atoms with van der Waals surface area (Å²) in [5.74, 6) is 0.336. The standard InChI is InChI=1S/C19H22F3N5O.HI/c1-23-18(27-12-11-25-17(28)15-3-2-9-24-13-15)26-10-8-14-4-6-16(7-5-14)19(20,21)22;/h2-7,9,13H,8,10-12H2,1H3,(H,25,28)(H2,23,26,27);1H. The lowest BCUT2D eigenvalue weighted by molar-refractivity contribution is -0.137. The molecule has 0 atom stereocenters. The molecule has 0 spiro atoms. The molecule has 0 fully saturated rings. The molecule has 6 nitrogen and oxygen atoms in total. The van der Waals surface area contributed by atoms with Crippen LogP contribution in [-0.2, 0) is 12.6 Å². The number of hydrogen-bond donors (Lipinski definition) is 3. The SMILES string of the molecule is CN=C(NCCNC(=O)c1cccnc1)NCCc1ccc(C(F)(F)F)cc1.I. The minimum absolute atomic E-state index is 0. The molecule has 2 rings (SSSR count). The average Bonchev–Trinajstić information content (AvgIpc) is 2.70. The van der Waals surface area contributed by atoms with E-state index >= 15 is 0 Å². The Balaban J connectivity index is 0.00000420. The number of nitrogens with one attached hydrogen (secondary N) is 3. The van der Waals surface area contributed by atoms with Gasteiger partial charge in [-0.1, -0.05) is 12.1 Å². The van der Waals surface area contributed by atoms with Gasteiger partial charge in [-0.25, -0.2) is 0 Å². The van der Waals surface area contributed by atoms with Gasteiger partial charge in [-0.15, -0.1) is 24.0 Å². The lowest BCUT2D eigenvalue weighted by Gasteiger charge is -2.13. The first-order valence-electron chi connectivity index (χ1n) is 8.69. The summed E-state index contributed by atoms with van der Waals surface area (Å²) in [6, 6.07) is 8.46. The van der Waals surface area contributed by atoms with E-state index < -0.39 is 11.7 Å². The summed E-state index contributed by atoms with van der Waals surface area (Å²) < 4.78 is 37.7. The number of alkyl halides is 3. The van der Waals surface area contributed by atoms with Crippen molar-refractivity contribution in [1.29, 1.82) is 0 Å². The van der Waals surface area contributed by atoms with Crippen molar-refractivity contribution in [3.63, 3.8) is 0 Å². The highest BCUT2D eigenvalue weighted by Gasteiger charge is 2.29. The van der Waals surface area contributed by atoms with Gasteiger partial charge in [-0.05, 0) is 36.2 Å². The molecule has 1 amide bonds. The molecular formula is C19H23F3IN5O. The number of nitrogens with zero attached hydrogens (tertiary/aromatic N) is 2. The van der Waals surface area contributed by atoms with Crippen molar-refractivity contribution < 1.29 is 18.0 Å². The van der Waals surface area contributed by atoms with E-state index in [1.165, 1.54) is 18.3 Å². The Morgan fingerprint density at radius 1 is 1.03 bits per heavy atom.